The van der Waals surface area contributed by atoms with Gasteiger partial charge in [-0.1, -0.05) is 36.4 Å². The van der Waals surface area contributed by atoms with Crippen molar-refractivity contribution in [1.82, 2.24) is 24.5 Å². The topological polar surface area (TPSA) is 122 Å². The number of guanidine groups is 1. The maximum Gasteiger partial charge on any atom is 0.188 e. The highest BCUT2D eigenvalue weighted by Gasteiger charge is 2.42. The Morgan fingerprint density at radius 3 is 2.39 bits per heavy atom. The van der Waals surface area contributed by atoms with Crippen molar-refractivity contribution in [2.75, 3.05) is 5.73 Å². The first-order chi connectivity index (χ1) is 16.1. The Hall–Kier alpha value is -3.94. The number of fused-ring (bicyclic) bond motifs is 3. The van der Waals surface area contributed by atoms with Crippen molar-refractivity contribution in [3.05, 3.63) is 66.6 Å². The third kappa shape index (κ3) is 3.29. The molecule has 2 saturated heterocycles. The van der Waals surface area contributed by atoms with Gasteiger partial charge in [-0.3, -0.25) is 10.4 Å². The molecule has 2 aliphatic rings. The lowest BCUT2D eigenvalue weighted by atomic mass is 9.88. The molecule has 33 heavy (non-hydrogen) atoms. The lowest BCUT2D eigenvalue weighted by Crippen LogP contribution is -2.49. The minimum absolute atomic E-state index is 0.188. The predicted octanol–water partition coefficient (Wildman–Crippen LogP) is 3.64. The van der Waals surface area contributed by atoms with Crippen LogP contribution in [0.4, 0.5) is 5.82 Å². The van der Waals surface area contributed by atoms with E-state index in [1.165, 1.54) is 0 Å². The van der Waals surface area contributed by atoms with Crippen LogP contribution in [0.2, 0.25) is 0 Å². The highest BCUT2D eigenvalue weighted by atomic mass is 15.3. The van der Waals surface area contributed by atoms with Gasteiger partial charge in [-0.15, -0.1) is 0 Å². The molecular formula is C25H26N8. The van der Waals surface area contributed by atoms with Gasteiger partial charge in [0.1, 0.15) is 5.82 Å². The first kappa shape index (κ1) is 19.7. The lowest BCUT2D eigenvalue weighted by molar-refractivity contribution is 0.209. The number of hydrogen-bond donors (Lipinski definition) is 3. The first-order valence-corrected chi connectivity index (χ1v) is 11.4. The molecule has 8 nitrogen and oxygen atoms in total. The monoisotopic (exact) mass is 438 g/mol. The Kier molecular flexibility index (Phi) is 4.53. The second-order valence-corrected chi connectivity index (χ2v) is 9.04. The summed E-state index contributed by atoms with van der Waals surface area (Å²) in [6.45, 7) is 0. The summed E-state index contributed by atoms with van der Waals surface area (Å²) in [7, 11) is 0. The summed E-state index contributed by atoms with van der Waals surface area (Å²) in [5.41, 5.74) is 17.9. The van der Waals surface area contributed by atoms with Gasteiger partial charge in [0.15, 0.2) is 11.6 Å². The number of pyridine rings is 1. The van der Waals surface area contributed by atoms with Gasteiger partial charge in [0.2, 0.25) is 0 Å². The molecule has 2 unspecified atom stereocenters. The molecule has 0 spiro atoms. The van der Waals surface area contributed by atoms with Crippen LogP contribution in [0.1, 0.15) is 37.3 Å². The first-order valence-electron chi connectivity index (χ1n) is 11.4. The second kappa shape index (κ2) is 7.58. The molecule has 6 rings (SSSR count). The number of hydrogen-bond acceptors (Lipinski definition) is 5. The van der Waals surface area contributed by atoms with Crippen LogP contribution in [0.3, 0.4) is 0 Å². The number of piperidine rings is 1. The van der Waals surface area contributed by atoms with E-state index < -0.39 is 0 Å². The average Bonchev–Trinajstić information content (AvgIpc) is 3.38. The predicted molar refractivity (Wildman–Crippen MR) is 129 cm³/mol. The summed E-state index contributed by atoms with van der Waals surface area (Å²) in [5.74, 6) is 1.07. The molecule has 166 valence electrons. The van der Waals surface area contributed by atoms with Crippen molar-refractivity contribution in [3.63, 3.8) is 0 Å². The molecule has 0 aliphatic carbocycles. The number of anilines is 1. The molecule has 2 fully saturated rings. The van der Waals surface area contributed by atoms with Crippen LogP contribution in [0, 0.1) is 5.41 Å². The largest absolute Gasteiger partial charge is 0.384 e. The van der Waals surface area contributed by atoms with E-state index in [1.54, 1.807) is 4.52 Å². The van der Waals surface area contributed by atoms with Crippen LogP contribution >= 0.6 is 0 Å². The summed E-state index contributed by atoms with van der Waals surface area (Å²) < 4.78 is 1.70. The van der Waals surface area contributed by atoms with E-state index >= 15 is 0 Å². The molecule has 0 saturated carbocycles. The Labute approximate surface area is 191 Å². The standard InChI is InChI=1S/C25H26N8/c26-23-12-22(17-10-18-7-8-19(11-17)32(18)25(27)28)31-24-20(14-30-33(23)24)16-6-9-21(29-13-16)15-4-2-1-3-5-15/h1-6,9,12-14,17-19H,7-8,10-11,26H2,(H3,27,28)/t17?,18-,19?/m0/s1. The van der Waals surface area contributed by atoms with Crippen LogP contribution in [0.25, 0.3) is 28.0 Å². The zero-order valence-electron chi connectivity index (χ0n) is 18.2. The molecule has 5 heterocycles. The summed E-state index contributed by atoms with van der Waals surface area (Å²) >= 11 is 0. The Morgan fingerprint density at radius 1 is 0.970 bits per heavy atom. The van der Waals surface area contributed by atoms with Crippen molar-refractivity contribution in [2.45, 2.75) is 43.7 Å². The van der Waals surface area contributed by atoms with E-state index in [2.05, 4.69) is 33.2 Å². The van der Waals surface area contributed by atoms with E-state index in [9.17, 15) is 0 Å². The maximum atomic E-state index is 7.93. The Balaban J connectivity index is 1.34. The second-order valence-electron chi connectivity index (χ2n) is 9.04. The van der Waals surface area contributed by atoms with Gasteiger partial charge >= 0.3 is 0 Å². The number of benzene rings is 1. The fourth-order valence-corrected chi connectivity index (χ4v) is 5.56. The fraction of sp³-hybridized carbons (Fsp3) is 0.280. The van der Waals surface area contributed by atoms with Crippen molar-refractivity contribution in [1.29, 1.82) is 5.41 Å². The van der Waals surface area contributed by atoms with Crippen molar-refractivity contribution in [2.24, 2.45) is 5.73 Å². The zero-order chi connectivity index (χ0) is 22.5. The Bertz CT molecular complexity index is 1310. The average molecular weight is 439 g/mol. The highest BCUT2D eigenvalue weighted by molar-refractivity contribution is 5.79. The molecule has 5 N–H and O–H groups in total. The molecule has 0 amide bonds. The van der Waals surface area contributed by atoms with Crippen LogP contribution in [-0.2, 0) is 0 Å². The van der Waals surface area contributed by atoms with Crippen molar-refractivity contribution in [3.8, 4) is 22.4 Å². The third-order valence-electron chi connectivity index (χ3n) is 7.09. The zero-order valence-corrected chi connectivity index (χ0v) is 18.2. The van der Waals surface area contributed by atoms with E-state index in [4.69, 9.17) is 21.9 Å². The molecule has 3 atom stereocenters. The van der Waals surface area contributed by atoms with Gasteiger partial charge in [0, 0.05) is 52.6 Å². The van der Waals surface area contributed by atoms with Crippen molar-refractivity contribution < 1.29 is 0 Å². The normalized spacial score (nSPS) is 22.1. The molecule has 0 radical (unpaired) electrons. The summed E-state index contributed by atoms with van der Waals surface area (Å²) in [6.07, 6.45) is 7.72. The number of aromatic nitrogens is 4. The number of nitrogens with zero attached hydrogens (tertiary/aromatic N) is 5. The van der Waals surface area contributed by atoms with Gasteiger partial charge in [0.05, 0.1) is 11.9 Å². The lowest BCUT2D eigenvalue weighted by Gasteiger charge is -2.39. The number of nitrogens with one attached hydrogen (secondary N) is 1. The minimum atomic E-state index is 0.188. The van der Waals surface area contributed by atoms with Crippen LogP contribution in [0.15, 0.2) is 60.9 Å². The molecule has 3 aromatic heterocycles. The van der Waals surface area contributed by atoms with E-state index in [0.29, 0.717) is 23.8 Å². The van der Waals surface area contributed by atoms with Crippen LogP contribution < -0.4 is 11.5 Å². The molecular weight excluding hydrogens is 412 g/mol. The summed E-state index contributed by atoms with van der Waals surface area (Å²) in [5, 5.41) is 12.4. The quantitative estimate of drug-likeness (QED) is 0.331. The van der Waals surface area contributed by atoms with E-state index in [-0.39, 0.29) is 5.96 Å². The van der Waals surface area contributed by atoms with Gasteiger partial charge in [0.25, 0.3) is 0 Å². The number of rotatable bonds is 3. The smallest absolute Gasteiger partial charge is 0.188 e. The SMILES string of the molecule is N=C(N)N1C2CC[C@H]1CC(c1cc(N)n3ncc(-c4ccc(-c5ccccc5)nc4)c3n1)C2. The van der Waals surface area contributed by atoms with Crippen LogP contribution in [-0.4, -0.2) is 42.5 Å². The van der Waals surface area contributed by atoms with Gasteiger partial charge in [-0.2, -0.15) is 9.61 Å². The van der Waals surface area contributed by atoms with E-state index in [0.717, 1.165) is 59.4 Å². The fourth-order valence-electron chi connectivity index (χ4n) is 5.56. The highest BCUT2D eigenvalue weighted by Crippen LogP contribution is 2.43. The van der Waals surface area contributed by atoms with Gasteiger partial charge < -0.3 is 16.4 Å². The van der Waals surface area contributed by atoms with E-state index in [1.807, 2.05) is 42.7 Å². The molecule has 4 aromatic rings. The van der Waals surface area contributed by atoms with Crippen molar-refractivity contribution >= 4 is 17.4 Å². The number of nitrogens with two attached hydrogens (primary N) is 2. The molecule has 1 aromatic carbocycles. The molecule has 8 heteroatoms. The molecule has 2 aliphatic heterocycles. The Morgan fingerprint density at radius 2 is 1.73 bits per heavy atom. The van der Waals surface area contributed by atoms with Gasteiger partial charge in [-0.25, -0.2) is 4.98 Å². The van der Waals surface area contributed by atoms with Gasteiger partial charge in [-0.05, 0) is 31.7 Å². The van der Waals surface area contributed by atoms with Crippen LogP contribution in [0.5, 0.6) is 0 Å². The third-order valence-corrected chi connectivity index (χ3v) is 7.09. The summed E-state index contributed by atoms with van der Waals surface area (Å²) in [4.78, 5) is 11.8. The summed E-state index contributed by atoms with van der Waals surface area (Å²) in [6, 6.07) is 16.8. The number of nitrogen functional groups attached to an aromatic ring is 1. The maximum absolute atomic E-state index is 7.93. The minimum Gasteiger partial charge on any atom is -0.384 e. The molecule has 2 bridgehead atoms.